The molecular formula is C24H30N6O3S. The van der Waals surface area contributed by atoms with E-state index in [0.29, 0.717) is 23.4 Å². The minimum Gasteiger partial charge on any atom is -0.444 e. The Morgan fingerprint density at radius 2 is 2.12 bits per heavy atom. The summed E-state index contributed by atoms with van der Waals surface area (Å²) in [5.41, 5.74) is 2.28. The lowest BCUT2D eigenvalue weighted by Gasteiger charge is -2.36. The van der Waals surface area contributed by atoms with Crippen LogP contribution < -0.4 is 15.5 Å². The van der Waals surface area contributed by atoms with Gasteiger partial charge in [-0.15, -0.1) is 11.8 Å². The van der Waals surface area contributed by atoms with Gasteiger partial charge in [-0.1, -0.05) is 0 Å². The Morgan fingerprint density at radius 1 is 1.29 bits per heavy atom. The van der Waals surface area contributed by atoms with Gasteiger partial charge in [-0.25, -0.2) is 9.78 Å². The van der Waals surface area contributed by atoms with Gasteiger partial charge in [-0.3, -0.25) is 9.78 Å². The highest BCUT2D eigenvalue weighted by Gasteiger charge is 2.28. The van der Waals surface area contributed by atoms with E-state index < -0.39 is 11.7 Å². The number of carbonyl (C=O) groups is 2. The van der Waals surface area contributed by atoms with Gasteiger partial charge >= 0.3 is 6.09 Å². The number of ether oxygens (including phenoxy) is 1. The van der Waals surface area contributed by atoms with E-state index in [1.807, 2.05) is 33.2 Å². The van der Waals surface area contributed by atoms with Crippen molar-refractivity contribution in [2.75, 3.05) is 29.6 Å². The summed E-state index contributed by atoms with van der Waals surface area (Å²) in [6.45, 7) is 7.02. The van der Waals surface area contributed by atoms with E-state index >= 15 is 0 Å². The quantitative estimate of drug-likeness (QED) is 0.461. The number of nitrogens with one attached hydrogen (secondary N) is 3. The maximum Gasteiger partial charge on any atom is 0.407 e. The topological polar surface area (TPSA) is 112 Å². The second-order valence-corrected chi connectivity index (χ2v) is 10.1. The molecule has 1 unspecified atom stereocenters. The van der Waals surface area contributed by atoms with Crippen molar-refractivity contribution in [3.05, 3.63) is 42.5 Å². The largest absolute Gasteiger partial charge is 0.444 e. The van der Waals surface area contributed by atoms with Crippen molar-refractivity contribution in [2.24, 2.45) is 0 Å². The number of aromatic nitrogens is 3. The first-order chi connectivity index (χ1) is 16.2. The number of nitrogens with zero attached hydrogens (tertiary/aromatic N) is 3. The van der Waals surface area contributed by atoms with Gasteiger partial charge in [-0.2, -0.15) is 0 Å². The van der Waals surface area contributed by atoms with Crippen LogP contribution in [0.1, 0.15) is 44.0 Å². The average molecular weight is 483 g/mol. The molecule has 9 nitrogen and oxygen atoms in total. The van der Waals surface area contributed by atoms with Gasteiger partial charge in [-0.05, 0) is 52.0 Å². The fourth-order valence-electron chi connectivity index (χ4n) is 4.09. The van der Waals surface area contributed by atoms with E-state index in [4.69, 9.17) is 4.74 Å². The highest BCUT2D eigenvalue weighted by molar-refractivity contribution is 7.98. The number of anilines is 2. The third-order valence-electron chi connectivity index (χ3n) is 5.49. The molecule has 3 aromatic rings. The summed E-state index contributed by atoms with van der Waals surface area (Å²) < 4.78 is 5.45. The molecule has 4 heterocycles. The molecule has 34 heavy (non-hydrogen) atoms. The number of aromatic amines is 1. The van der Waals surface area contributed by atoms with Crippen molar-refractivity contribution in [1.82, 2.24) is 20.3 Å². The summed E-state index contributed by atoms with van der Waals surface area (Å²) in [7, 11) is 0. The molecule has 0 saturated carbocycles. The van der Waals surface area contributed by atoms with Crippen LogP contribution in [0.4, 0.5) is 16.2 Å². The molecule has 180 valence electrons. The van der Waals surface area contributed by atoms with Gasteiger partial charge in [0, 0.05) is 48.8 Å². The molecule has 1 aliphatic heterocycles. The number of thioether (sulfide) groups is 1. The van der Waals surface area contributed by atoms with Crippen LogP contribution in [0.3, 0.4) is 0 Å². The lowest BCUT2D eigenvalue weighted by atomic mass is 10.0. The Kier molecular flexibility index (Phi) is 6.97. The average Bonchev–Trinajstić information content (AvgIpc) is 3.20. The van der Waals surface area contributed by atoms with E-state index in [-0.39, 0.29) is 11.9 Å². The van der Waals surface area contributed by atoms with Gasteiger partial charge in [0.05, 0.1) is 22.3 Å². The van der Waals surface area contributed by atoms with E-state index in [1.165, 1.54) is 6.20 Å². The minimum absolute atomic E-state index is 0.0473. The molecule has 0 spiro atoms. The molecule has 0 bridgehead atoms. The number of rotatable bonds is 5. The molecule has 2 amide bonds. The molecule has 1 saturated heterocycles. The van der Waals surface area contributed by atoms with Crippen LogP contribution in [0.2, 0.25) is 0 Å². The zero-order valence-electron chi connectivity index (χ0n) is 19.8. The Morgan fingerprint density at radius 3 is 2.82 bits per heavy atom. The van der Waals surface area contributed by atoms with Gasteiger partial charge in [0.2, 0.25) is 0 Å². The van der Waals surface area contributed by atoms with Gasteiger partial charge < -0.3 is 25.3 Å². The number of piperidine rings is 1. The number of hydrogen-bond acceptors (Lipinski definition) is 7. The van der Waals surface area contributed by atoms with Crippen molar-refractivity contribution in [1.29, 1.82) is 0 Å². The van der Waals surface area contributed by atoms with E-state index in [1.54, 1.807) is 36.3 Å². The monoisotopic (exact) mass is 482 g/mol. The number of alkyl carbamates (subject to hydrolysis) is 1. The van der Waals surface area contributed by atoms with Crippen LogP contribution in [0.15, 0.2) is 41.8 Å². The van der Waals surface area contributed by atoms with E-state index in [9.17, 15) is 9.59 Å². The van der Waals surface area contributed by atoms with Gasteiger partial charge in [0.25, 0.3) is 5.91 Å². The second-order valence-electron chi connectivity index (χ2n) is 9.23. The molecule has 1 aliphatic rings. The normalized spacial score (nSPS) is 16.4. The highest BCUT2D eigenvalue weighted by Crippen LogP contribution is 2.40. The molecule has 10 heteroatoms. The summed E-state index contributed by atoms with van der Waals surface area (Å²) in [4.78, 5) is 40.2. The lowest BCUT2D eigenvalue weighted by molar-refractivity contribution is 0.0499. The molecule has 3 N–H and O–H groups in total. The van der Waals surface area contributed by atoms with Crippen LogP contribution in [0, 0.1) is 0 Å². The summed E-state index contributed by atoms with van der Waals surface area (Å²) in [6, 6.07) is 3.41. The van der Waals surface area contributed by atoms with Crippen molar-refractivity contribution in [2.45, 2.75) is 50.2 Å². The Hall–Kier alpha value is -3.27. The molecule has 0 aliphatic carbocycles. The molecule has 0 radical (unpaired) electrons. The van der Waals surface area contributed by atoms with Crippen molar-refractivity contribution in [3.63, 3.8) is 0 Å². The Bertz CT molecular complexity index is 1170. The van der Waals surface area contributed by atoms with Crippen molar-refractivity contribution in [3.8, 4) is 0 Å². The first kappa shape index (κ1) is 23.9. The smallest absolute Gasteiger partial charge is 0.407 e. The number of pyridine rings is 2. The predicted molar refractivity (Wildman–Crippen MR) is 135 cm³/mol. The van der Waals surface area contributed by atoms with Crippen LogP contribution in [0.25, 0.3) is 11.0 Å². The van der Waals surface area contributed by atoms with Gasteiger partial charge in [0.15, 0.2) is 0 Å². The molecule has 3 aromatic heterocycles. The number of fused-ring (bicyclic) bond motifs is 1. The summed E-state index contributed by atoms with van der Waals surface area (Å²) >= 11 is 1.60. The summed E-state index contributed by atoms with van der Waals surface area (Å²) in [6.07, 6.45) is 10.2. The maximum atomic E-state index is 12.8. The van der Waals surface area contributed by atoms with E-state index in [2.05, 4.69) is 30.5 Å². The van der Waals surface area contributed by atoms with Gasteiger partial charge in [0.1, 0.15) is 11.2 Å². The zero-order valence-corrected chi connectivity index (χ0v) is 20.7. The second kappa shape index (κ2) is 9.92. The first-order valence-corrected chi connectivity index (χ1v) is 12.5. The Labute approximate surface area is 203 Å². The maximum absolute atomic E-state index is 12.8. The third kappa shape index (κ3) is 5.44. The van der Waals surface area contributed by atoms with Crippen LogP contribution in [-0.2, 0) is 4.74 Å². The minimum atomic E-state index is -0.547. The summed E-state index contributed by atoms with van der Waals surface area (Å²) in [5, 5.41) is 6.87. The fraction of sp³-hybridized carbons (Fsp3) is 0.417. The summed E-state index contributed by atoms with van der Waals surface area (Å²) in [5.74, 6) is -0.238. The van der Waals surface area contributed by atoms with Crippen molar-refractivity contribution < 1.29 is 14.3 Å². The number of carbonyl (C=O) groups excluding carboxylic acids is 2. The lowest BCUT2D eigenvalue weighted by Crippen LogP contribution is -2.49. The molecular weight excluding hydrogens is 452 g/mol. The SMILES string of the molecule is CSc1cnc2[nH]cc(NC(=O)c3cccnc3)c2c1N1CCCC(NC(=O)OC(C)(C)C)C1. The fourth-order valence-corrected chi connectivity index (χ4v) is 4.67. The zero-order chi connectivity index (χ0) is 24.3. The first-order valence-electron chi connectivity index (χ1n) is 11.2. The molecule has 1 fully saturated rings. The van der Waals surface area contributed by atoms with Crippen LogP contribution >= 0.6 is 11.8 Å². The predicted octanol–water partition coefficient (Wildman–Crippen LogP) is 4.43. The molecule has 4 rings (SSSR count). The number of hydrogen-bond donors (Lipinski definition) is 3. The standard InChI is InChI=1S/C24H30N6O3S/c1-24(2,3)33-23(32)28-16-8-6-10-30(14-16)20-18(34-4)13-27-21-19(20)17(12-26-21)29-22(31)15-7-5-9-25-11-15/h5,7,9,11-13,16H,6,8,10,14H2,1-4H3,(H,26,27)(H,28,32)(H,29,31). The van der Waals surface area contributed by atoms with Crippen molar-refractivity contribution >= 4 is 46.2 Å². The third-order valence-corrected chi connectivity index (χ3v) is 6.23. The van der Waals surface area contributed by atoms with Crippen LogP contribution in [-0.4, -0.2) is 57.9 Å². The number of H-pyrrole nitrogens is 1. The van der Waals surface area contributed by atoms with Crippen LogP contribution in [0.5, 0.6) is 0 Å². The number of amides is 2. The molecule has 1 atom stereocenters. The Balaban J connectivity index is 1.62. The van der Waals surface area contributed by atoms with E-state index in [0.717, 1.165) is 35.4 Å². The highest BCUT2D eigenvalue weighted by atomic mass is 32.2. The molecule has 0 aromatic carbocycles.